The van der Waals surface area contributed by atoms with E-state index in [-0.39, 0.29) is 23.5 Å². The lowest BCUT2D eigenvalue weighted by atomic mass is 9.93. The summed E-state index contributed by atoms with van der Waals surface area (Å²) in [5.74, 6) is 0.422. The first-order valence-electron chi connectivity index (χ1n) is 8.54. The van der Waals surface area contributed by atoms with E-state index in [2.05, 4.69) is 15.5 Å². The van der Waals surface area contributed by atoms with Crippen LogP contribution < -0.4 is 5.32 Å². The number of likely N-dealkylation sites (tertiary alicyclic amines) is 1. The number of aromatic amines is 1. The Balaban J connectivity index is 1.34. The van der Waals surface area contributed by atoms with Crippen LogP contribution in [0, 0.1) is 0 Å². The van der Waals surface area contributed by atoms with Gasteiger partial charge in [0.15, 0.2) is 0 Å². The van der Waals surface area contributed by atoms with Gasteiger partial charge in [-0.2, -0.15) is 5.10 Å². The van der Waals surface area contributed by atoms with Crippen molar-refractivity contribution in [2.24, 2.45) is 0 Å². The molecule has 0 spiro atoms. The number of benzene rings is 1. The minimum atomic E-state index is -0.354. The number of amides is 2. The lowest BCUT2D eigenvalue weighted by Gasteiger charge is -2.33. The number of H-pyrrole nitrogens is 1. The van der Waals surface area contributed by atoms with Crippen LogP contribution in [0.4, 0.5) is 5.69 Å². The van der Waals surface area contributed by atoms with Crippen molar-refractivity contribution in [2.75, 3.05) is 18.4 Å². The number of thioether (sulfide) groups is 1. The second-order valence-corrected chi connectivity index (χ2v) is 7.71. The van der Waals surface area contributed by atoms with E-state index in [1.807, 2.05) is 35.2 Å². The average molecular weight is 356 g/mol. The first-order valence-corrected chi connectivity index (χ1v) is 9.42. The highest BCUT2D eigenvalue weighted by atomic mass is 32.2. The summed E-state index contributed by atoms with van der Waals surface area (Å²) >= 11 is 1.48. The van der Waals surface area contributed by atoms with Gasteiger partial charge in [0.2, 0.25) is 11.8 Å². The molecule has 130 valence electrons. The zero-order valence-electron chi connectivity index (χ0n) is 13.8. The van der Waals surface area contributed by atoms with Crippen LogP contribution in [0.15, 0.2) is 41.4 Å². The summed E-state index contributed by atoms with van der Waals surface area (Å²) in [6.07, 6.45) is 3.88. The molecule has 1 fully saturated rings. The van der Waals surface area contributed by atoms with Crippen LogP contribution in [-0.2, 0) is 9.59 Å². The van der Waals surface area contributed by atoms with E-state index in [0.717, 1.165) is 42.2 Å². The standard InChI is InChI=1S/C18H20N4O2S/c23-17(22-9-6-12(7-10-22)13-5-8-19-21-13)11-16-18(24)20-14-3-1-2-4-15(14)25-16/h1-5,8,12,16H,6-7,9-11H2,(H,19,21)(H,20,24). The summed E-state index contributed by atoms with van der Waals surface area (Å²) in [7, 11) is 0. The summed E-state index contributed by atoms with van der Waals surface area (Å²) in [4.78, 5) is 27.8. The van der Waals surface area contributed by atoms with Crippen molar-refractivity contribution < 1.29 is 9.59 Å². The van der Waals surface area contributed by atoms with E-state index in [1.165, 1.54) is 11.8 Å². The van der Waals surface area contributed by atoms with Gasteiger partial charge < -0.3 is 10.2 Å². The maximum atomic E-state index is 12.6. The number of fused-ring (bicyclic) bond motifs is 1. The summed E-state index contributed by atoms with van der Waals surface area (Å²) in [6, 6.07) is 9.71. The maximum absolute atomic E-state index is 12.6. The van der Waals surface area contributed by atoms with Crippen molar-refractivity contribution in [3.8, 4) is 0 Å². The lowest BCUT2D eigenvalue weighted by molar-refractivity contribution is -0.133. The van der Waals surface area contributed by atoms with Gasteiger partial charge in [0, 0.05) is 42.2 Å². The molecule has 2 aliphatic rings. The highest BCUT2D eigenvalue weighted by Crippen LogP contribution is 2.37. The highest BCUT2D eigenvalue weighted by molar-refractivity contribution is 8.01. The Kier molecular flexibility index (Phi) is 4.48. The molecule has 6 nitrogen and oxygen atoms in total. The molecule has 2 aromatic rings. The van der Waals surface area contributed by atoms with Crippen molar-refractivity contribution in [3.05, 3.63) is 42.2 Å². The van der Waals surface area contributed by atoms with Gasteiger partial charge >= 0.3 is 0 Å². The number of para-hydroxylation sites is 1. The van der Waals surface area contributed by atoms with Crippen molar-refractivity contribution >= 4 is 29.3 Å². The maximum Gasteiger partial charge on any atom is 0.238 e. The summed E-state index contributed by atoms with van der Waals surface area (Å²) in [5.41, 5.74) is 1.98. The smallest absolute Gasteiger partial charge is 0.238 e. The Morgan fingerprint density at radius 1 is 1.24 bits per heavy atom. The van der Waals surface area contributed by atoms with Crippen LogP contribution >= 0.6 is 11.8 Å². The lowest BCUT2D eigenvalue weighted by Crippen LogP contribution is -2.41. The Labute approximate surface area is 150 Å². The number of nitrogens with zero attached hydrogens (tertiary/aromatic N) is 2. The van der Waals surface area contributed by atoms with Crippen molar-refractivity contribution in [1.29, 1.82) is 0 Å². The minimum absolute atomic E-state index is 0.0649. The molecule has 1 aromatic carbocycles. The summed E-state index contributed by atoms with van der Waals surface area (Å²) < 4.78 is 0. The predicted molar refractivity (Wildman–Crippen MR) is 96.5 cm³/mol. The third-order valence-corrected chi connectivity index (χ3v) is 6.15. The van der Waals surface area contributed by atoms with Gasteiger partial charge in [0.1, 0.15) is 0 Å². The molecule has 25 heavy (non-hydrogen) atoms. The van der Waals surface area contributed by atoms with Crippen LogP contribution in [0.5, 0.6) is 0 Å². The van der Waals surface area contributed by atoms with Gasteiger partial charge in [0.05, 0.1) is 10.9 Å². The minimum Gasteiger partial charge on any atom is -0.343 e. The molecule has 0 radical (unpaired) electrons. The van der Waals surface area contributed by atoms with Gasteiger partial charge in [-0.15, -0.1) is 11.8 Å². The molecule has 0 bridgehead atoms. The molecule has 2 amide bonds. The zero-order chi connectivity index (χ0) is 17.2. The molecule has 0 aliphatic carbocycles. The third-order valence-electron chi connectivity index (χ3n) is 4.88. The van der Waals surface area contributed by atoms with Crippen molar-refractivity contribution in [2.45, 2.75) is 35.3 Å². The monoisotopic (exact) mass is 356 g/mol. The van der Waals surface area contributed by atoms with Gasteiger partial charge in [-0.05, 0) is 31.0 Å². The molecule has 2 N–H and O–H groups in total. The molecule has 3 heterocycles. The first kappa shape index (κ1) is 16.2. The quantitative estimate of drug-likeness (QED) is 0.886. The molecular formula is C18H20N4O2S. The van der Waals surface area contributed by atoms with Gasteiger partial charge in [-0.3, -0.25) is 14.7 Å². The normalized spacial score (nSPS) is 20.9. The third kappa shape index (κ3) is 3.42. The summed E-state index contributed by atoms with van der Waals surface area (Å²) in [6.45, 7) is 1.47. The molecule has 7 heteroatoms. The Morgan fingerprint density at radius 3 is 2.80 bits per heavy atom. The van der Waals surface area contributed by atoms with Crippen LogP contribution in [0.2, 0.25) is 0 Å². The van der Waals surface area contributed by atoms with Gasteiger partial charge in [-0.25, -0.2) is 0 Å². The van der Waals surface area contributed by atoms with Gasteiger partial charge in [0.25, 0.3) is 0 Å². The fourth-order valence-electron chi connectivity index (χ4n) is 3.45. The molecule has 1 unspecified atom stereocenters. The molecular weight excluding hydrogens is 336 g/mol. The molecule has 1 saturated heterocycles. The molecule has 1 aromatic heterocycles. The molecule has 0 saturated carbocycles. The zero-order valence-corrected chi connectivity index (χ0v) is 14.6. The molecule has 2 aliphatic heterocycles. The SMILES string of the molecule is O=C1Nc2ccccc2SC1CC(=O)N1CCC(c2ccn[nH]2)CC1. The number of carbonyl (C=O) groups excluding carboxylic acids is 2. The molecule has 4 rings (SSSR count). The average Bonchev–Trinajstić information content (AvgIpc) is 3.17. The highest BCUT2D eigenvalue weighted by Gasteiger charge is 2.32. The van der Waals surface area contributed by atoms with E-state index >= 15 is 0 Å². The first-order chi connectivity index (χ1) is 12.2. The second-order valence-electron chi connectivity index (χ2n) is 6.46. The number of rotatable bonds is 3. The van der Waals surface area contributed by atoms with E-state index in [0.29, 0.717) is 5.92 Å². The fraction of sp³-hybridized carbons (Fsp3) is 0.389. The number of hydrogen-bond donors (Lipinski definition) is 2. The van der Waals surface area contributed by atoms with E-state index in [4.69, 9.17) is 0 Å². The van der Waals surface area contributed by atoms with Crippen molar-refractivity contribution in [1.82, 2.24) is 15.1 Å². The summed E-state index contributed by atoms with van der Waals surface area (Å²) in [5, 5.41) is 9.57. The topological polar surface area (TPSA) is 78.1 Å². The number of carbonyl (C=O) groups is 2. The van der Waals surface area contributed by atoms with Crippen molar-refractivity contribution in [3.63, 3.8) is 0 Å². The number of hydrogen-bond acceptors (Lipinski definition) is 4. The Hall–Kier alpha value is -2.28. The van der Waals surface area contributed by atoms with Gasteiger partial charge in [-0.1, -0.05) is 12.1 Å². The Morgan fingerprint density at radius 2 is 2.04 bits per heavy atom. The van der Waals surface area contributed by atoms with E-state index < -0.39 is 0 Å². The largest absolute Gasteiger partial charge is 0.343 e. The van der Waals surface area contributed by atoms with Crippen LogP contribution in [-0.4, -0.2) is 45.3 Å². The van der Waals surface area contributed by atoms with Crippen LogP contribution in [0.25, 0.3) is 0 Å². The van der Waals surface area contributed by atoms with E-state index in [9.17, 15) is 9.59 Å². The number of nitrogens with one attached hydrogen (secondary N) is 2. The van der Waals surface area contributed by atoms with Crippen LogP contribution in [0.3, 0.4) is 0 Å². The molecule has 1 atom stereocenters. The fourth-order valence-corrected chi connectivity index (χ4v) is 4.55. The van der Waals surface area contributed by atoms with E-state index in [1.54, 1.807) is 6.20 Å². The number of anilines is 1. The van der Waals surface area contributed by atoms with Crippen LogP contribution in [0.1, 0.15) is 30.9 Å². The number of piperidine rings is 1. The Bertz CT molecular complexity index is 769. The number of aromatic nitrogens is 2. The predicted octanol–water partition coefficient (Wildman–Crippen LogP) is 2.62. The second kappa shape index (κ2) is 6.92.